The Morgan fingerprint density at radius 2 is 1.90 bits per heavy atom. The molecule has 0 bridgehead atoms. The van der Waals surface area contributed by atoms with Crippen molar-refractivity contribution in [1.82, 2.24) is 4.90 Å². The minimum absolute atomic E-state index is 0.248. The minimum Gasteiger partial charge on any atom is -0.369 e. The van der Waals surface area contributed by atoms with E-state index in [4.69, 9.17) is 5.73 Å². The number of rotatable bonds is 4. The van der Waals surface area contributed by atoms with E-state index in [1.807, 2.05) is 13.8 Å². The third-order valence-corrected chi connectivity index (χ3v) is 4.09. The number of primary amides is 1. The van der Waals surface area contributed by atoms with Crippen molar-refractivity contribution < 1.29 is 4.79 Å². The molecule has 1 heterocycles. The molecule has 0 saturated carbocycles. The number of benzene rings is 1. The molecule has 0 radical (unpaired) electrons. The third-order valence-electron chi connectivity index (χ3n) is 4.09. The van der Waals surface area contributed by atoms with Crippen molar-refractivity contribution in [1.29, 1.82) is 0 Å². The lowest BCUT2D eigenvalue weighted by Gasteiger charge is -2.34. The van der Waals surface area contributed by atoms with Crippen LogP contribution in [0.2, 0.25) is 0 Å². The van der Waals surface area contributed by atoms with Crippen LogP contribution >= 0.6 is 0 Å². The number of likely N-dealkylation sites (N-methyl/N-ethyl adjacent to an activating group) is 1. The number of hydrogen-bond donors (Lipinski definition) is 1. The third kappa shape index (κ3) is 3.51. The Balaban J connectivity index is 2.10. The van der Waals surface area contributed by atoms with Crippen molar-refractivity contribution >= 4 is 11.6 Å². The molecule has 1 aliphatic rings. The molecule has 0 spiro atoms. The molecular weight excluding hydrogens is 250 g/mol. The van der Waals surface area contributed by atoms with E-state index in [2.05, 4.69) is 41.1 Å². The van der Waals surface area contributed by atoms with Crippen molar-refractivity contribution in [2.24, 2.45) is 11.1 Å². The van der Waals surface area contributed by atoms with Crippen LogP contribution in [0.4, 0.5) is 5.69 Å². The van der Waals surface area contributed by atoms with E-state index in [-0.39, 0.29) is 5.91 Å². The van der Waals surface area contributed by atoms with E-state index in [9.17, 15) is 4.79 Å². The van der Waals surface area contributed by atoms with E-state index < -0.39 is 5.41 Å². The smallest absolute Gasteiger partial charge is 0.223 e. The minimum atomic E-state index is -0.499. The Hall–Kier alpha value is -1.55. The first-order valence-electron chi connectivity index (χ1n) is 7.21. The summed E-state index contributed by atoms with van der Waals surface area (Å²) in [6, 6.07) is 8.48. The first-order chi connectivity index (χ1) is 9.38. The largest absolute Gasteiger partial charge is 0.369 e. The van der Waals surface area contributed by atoms with Crippen LogP contribution < -0.4 is 10.6 Å². The van der Waals surface area contributed by atoms with Gasteiger partial charge in [0.25, 0.3) is 0 Å². The number of nitrogens with two attached hydrogens (primary N) is 1. The van der Waals surface area contributed by atoms with Crippen LogP contribution in [0.5, 0.6) is 0 Å². The molecule has 2 rings (SSSR count). The van der Waals surface area contributed by atoms with E-state index in [0.29, 0.717) is 6.42 Å². The van der Waals surface area contributed by atoms with Gasteiger partial charge in [-0.15, -0.1) is 0 Å². The molecule has 1 fully saturated rings. The Labute approximate surface area is 121 Å². The van der Waals surface area contributed by atoms with Crippen LogP contribution in [0.3, 0.4) is 0 Å². The molecule has 1 aromatic rings. The van der Waals surface area contributed by atoms with Gasteiger partial charge in [0.1, 0.15) is 0 Å². The average molecular weight is 275 g/mol. The molecule has 0 aliphatic carbocycles. The fourth-order valence-electron chi connectivity index (χ4n) is 2.53. The van der Waals surface area contributed by atoms with Gasteiger partial charge < -0.3 is 15.5 Å². The molecule has 1 aliphatic heterocycles. The zero-order chi connectivity index (χ0) is 14.8. The molecule has 1 amide bonds. The van der Waals surface area contributed by atoms with Crippen LogP contribution in [0.25, 0.3) is 0 Å². The van der Waals surface area contributed by atoms with Crippen molar-refractivity contribution in [2.45, 2.75) is 20.3 Å². The number of nitrogens with zero attached hydrogens (tertiary/aromatic N) is 2. The van der Waals surface area contributed by atoms with Crippen LogP contribution in [-0.4, -0.2) is 44.0 Å². The Morgan fingerprint density at radius 3 is 2.50 bits per heavy atom. The molecule has 0 atom stereocenters. The van der Waals surface area contributed by atoms with Crippen molar-refractivity contribution in [3.63, 3.8) is 0 Å². The second kappa shape index (κ2) is 5.83. The maximum Gasteiger partial charge on any atom is 0.223 e. The standard InChI is InChI=1S/C16H25N3O/c1-16(2,15(17)20)12-13-5-4-6-14(11-13)19-9-7-18(3)8-10-19/h4-6,11H,7-10,12H2,1-3H3,(H2,17,20). The van der Waals surface area contributed by atoms with Gasteiger partial charge in [-0.3, -0.25) is 4.79 Å². The summed E-state index contributed by atoms with van der Waals surface area (Å²) < 4.78 is 0. The predicted octanol–water partition coefficient (Wildman–Crippen LogP) is 1.49. The summed E-state index contributed by atoms with van der Waals surface area (Å²) in [5.41, 5.74) is 7.38. The summed E-state index contributed by atoms with van der Waals surface area (Å²) in [5.74, 6) is -0.248. The maximum atomic E-state index is 11.5. The maximum absolute atomic E-state index is 11.5. The van der Waals surface area contributed by atoms with Crippen LogP contribution in [0.15, 0.2) is 24.3 Å². The van der Waals surface area contributed by atoms with E-state index >= 15 is 0 Å². The highest BCUT2D eigenvalue weighted by Gasteiger charge is 2.25. The monoisotopic (exact) mass is 275 g/mol. The Kier molecular flexibility index (Phi) is 4.33. The van der Waals surface area contributed by atoms with Crippen LogP contribution in [-0.2, 0) is 11.2 Å². The van der Waals surface area contributed by atoms with Gasteiger partial charge in [0.2, 0.25) is 5.91 Å². The van der Waals surface area contributed by atoms with Gasteiger partial charge in [-0.2, -0.15) is 0 Å². The molecule has 2 N–H and O–H groups in total. The highest BCUT2D eigenvalue weighted by atomic mass is 16.1. The van der Waals surface area contributed by atoms with Crippen LogP contribution in [0, 0.1) is 5.41 Å². The summed E-state index contributed by atoms with van der Waals surface area (Å²) in [6.45, 7) is 8.10. The van der Waals surface area contributed by atoms with Gasteiger partial charge >= 0.3 is 0 Å². The number of hydrogen-bond acceptors (Lipinski definition) is 3. The number of anilines is 1. The van der Waals surface area contributed by atoms with Gasteiger partial charge in [0, 0.05) is 37.3 Å². The van der Waals surface area contributed by atoms with E-state index in [0.717, 1.165) is 26.2 Å². The van der Waals surface area contributed by atoms with Crippen molar-refractivity contribution in [2.75, 3.05) is 38.1 Å². The molecule has 1 saturated heterocycles. The average Bonchev–Trinajstić information content (AvgIpc) is 2.39. The lowest BCUT2D eigenvalue weighted by molar-refractivity contribution is -0.125. The highest BCUT2D eigenvalue weighted by molar-refractivity contribution is 5.80. The fraction of sp³-hybridized carbons (Fsp3) is 0.562. The molecule has 20 heavy (non-hydrogen) atoms. The first-order valence-corrected chi connectivity index (χ1v) is 7.21. The Bertz CT molecular complexity index is 476. The second-order valence-corrected chi connectivity index (χ2v) is 6.39. The molecular formula is C16H25N3O. The molecule has 4 nitrogen and oxygen atoms in total. The normalized spacial score (nSPS) is 17.2. The molecule has 0 unspecified atom stereocenters. The van der Waals surface area contributed by atoms with Crippen LogP contribution in [0.1, 0.15) is 19.4 Å². The molecule has 110 valence electrons. The first kappa shape index (κ1) is 14.9. The predicted molar refractivity (Wildman–Crippen MR) is 82.8 cm³/mol. The van der Waals surface area contributed by atoms with Gasteiger partial charge in [0.15, 0.2) is 0 Å². The van der Waals surface area contributed by atoms with Gasteiger partial charge in [-0.25, -0.2) is 0 Å². The molecule has 1 aromatic carbocycles. The number of carbonyl (C=O) groups excluding carboxylic acids is 1. The summed E-state index contributed by atoms with van der Waals surface area (Å²) >= 11 is 0. The quantitative estimate of drug-likeness (QED) is 0.906. The second-order valence-electron chi connectivity index (χ2n) is 6.39. The number of carbonyl (C=O) groups is 1. The summed E-state index contributed by atoms with van der Waals surface area (Å²) in [7, 11) is 2.16. The van der Waals surface area contributed by atoms with Gasteiger partial charge in [0.05, 0.1) is 0 Å². The van der Waals surface area contributed by atoms with E-state index in [1.54, 1.807) is 0 Å². The van der Waals surface area contributed by atoms with Crippen molar-refractivity contribution in [3.05, 3.63) is 29.8 Å². The molecule has 4 heteroatoms. The summed E-state index contributed by atoms with van der Waals surface area (Å²) in [5, 5.41) is 0. The van der Waals surface area contributed by atoms with Crippen molar-refractivity contribution in [3.8, 4) is 0 Å². The zero-order valence-corrected chi connectivity index (χ0v) is 12.7. The SMILES string of the molecule is CN1CCN(c2cccc(CC(C)(C)C(N)=O)c2)CC1. The van der Waals surface area contributed by atoms with E-state index in [1.165, 1.54) is 11.3 Å². The van der Waals surface area contributed by atoms with Gasteiger partial charge in [-0.05, 0) is 31.2 Å². The molecule has 0 aromatic heterocycles. The fourth-order valence-corrected chi connectivity index (χ4v) is 2.53. The van der Waals surface area contributed by atoms with Gasteiger partial charge in [-0.1, -0.05) is 26.0 Å². The summed E-state index contributed by atoms with van der Waals surface area (Å²) in [6.07, 6.45) is 0.684. The topological polar surface area (TPSA) is 49.6 Å². The zero-order valence-electron chi connectivity index (χ0n) is 12.7. The highest BCUT2D eigenvalue weighted by Crippen LogP contribution is 2.24. The number of piperazine rings is 1. The Morgan fingerprint density at radius 1 is 1.25 bits per heavy atom. The lowest BCUT2D eigenvalue weighted by atomic mass is 9.85. The number of amides is 1. The summed E-state index contributed by atoms with van der Waals surface area (Å²) in [4.78, 5) is 16.2. The lowest BCUT2D eigenvalue weighted by Crippen LogP contribution is -2.44.